The largest absolute Gasteiger partial charge is 0.481 e. The van der Waals surface area contributed by atoms with Crippen molar-refractivity contribution in [3.63, 3.8) is 0 Å². The number of ketones is 1. The van der Waals surface area contributed by atoms with Crippen LogP contribution in [0.5, 0.6) is 0 Å². The number of fused-ring (bicyclic) bond motifs is 1. The molecule has 0 radical (unpaired) electrons. The number of Topliss-reactive ketones (excluding diaryl/α,β-unsaturated/α-hetero) is 1. The van der Waals surface area contributed by atoms with Gasteiger partial charge in [-0.05, 0) is 34.5 Å². The van der Waals surface area contributed by atoms with E-state index in [2.05, 4.69) is 4.98 Å². The maximum atomic E-state index is 12.8. The third kappa shape index (κ3) is 3.26. The highest BCUT2D eigenvalue weighted by molar-refractivity contribution is 6.05. The molecule has 1 N–H and O–H groups in total. The predicted octanol–water partition coefficient (Wildman–Crippen LogP) is 3.68. The molecule has 0 saturated heterocycles. The number of carbonyl (C=O) groups excluding carboxylic acids is 1. The fraction of sp³-hybridized carbons (Fsp3) is 0.105. The van der Waals surface area contributed by atoms with E-state index in [9.17, 15) is 9.59 Å². The van der Waals surface area contributed by atoms with Crippen LogP contribution in [0.15, 0.2) is 67.0 Å². The summed E-state index contributed by atoms with van der Waals surface area (Å²) < 4.78 is 0. The minimum atomic E-state index is -0.999. The van der Waals surface area contributed by atoms with E-state index in [1.807, 2.05) is 36.4 Å². The van der Waals surface area contributed by atoms with Gasteiger partial charge in [-0.15, -0.1) is 0 Å². The molecular weight excluding hydrogens is 290 g/mol. The van der Waals surface area contributed by atoms with Gasteiger partial charge < -0.3 is 5.11 Å². The Kier molecular flexibility index (Phi) is 4.15. The summed E-state index contributed by atoms with van der Waals surface area (Å²) >= 11 is 0. The van der Waals surface area contributed by atoms with Gasteiger partial charge in [0, 0.05) is 18.0 Å². The van der Waals surface area contributed by atoms with Crippen LogP contribution >= 0.6 is 0 Å². The average molecular weight is 305 g/mol. The highest BCUT2D eigenvalue weighted by Crippen LogP contribution is 2.26. The number of hydrogen-bond donors (Lipinski definition) is 1. The molecule has 1 heterocycles. The lowest BCUT2D eigenvalue weighted by atomic mass is 9.88. The standard InChI is InChI=1S/C19H15NO3/c21-18(22)12-17(14-7-9-20-10-8-14)19(23)16-6-5-13-3-1-2-4-15(13)11-16/h1-11,17H,12H2,(H,21,22). The summed E-state index contributed by atoms with van der Waals surface area (Å²) in [6.07, 6.45) is 2.89. The molecule has 3 aromatic rings. The third-order valence-electron chi connectivity index (χ3n) is 3.84. The van der Waals surface area contributed by atoms with E-state index in [-0.39, 0.29) is 12.2 Å². The van der Waals surface area contributed by atoms with Crippen molar-refractivity contribution in [2.45, 2.75) is 12.3 Å². The zero-order valence-corrected chi connectivity index (χ0v) is 12.3. The van der Waals surface area contributed by atoms with E-state index in [1.165, 1.54) is 0 Å². The van der Waals surface area contributed by atoms with Crippen LogP contribution in [0.2, 0.25) is 0 Å². The smallest absolute Gasteiger partial charge is 0.304 e. The minimum absolute atomic E-state index is 0.190. The van der Waals surface area contributed by atoms with Gasteiger partial charge >= 0.3 is 5.97 Å². The monoisotopic (exact) mass is 305 g/mol. The Hall–Kier alpha value is -3.01. The first-order valence-corrected chi connectivity index (χ1v) is 7.30. The fourth-order valence-electron chi connectivity index (χ4n) is 2.68. The van der Waals surface area contributed by atoms with Gasteiger partial charge in [0.25, 0.3) is 0 Å². The molecule has 23 heavy (non-hydrogen) atoms. The lowest BCUT2D eigenvalue weighted by Crippen LogP contribution is -2.17. The van der Waals surface area contributed by atoms with E-state index in [4.69, 9.17) is 5.11 Å². The first kappa shape index (κ1) is 14.9. The Morgan fingerprint density at radius 1 is 0.957 bits per heavy atom. The van der Waals surface area contributed by atoms with E-state index in [1.54, 1.807) is 30.6 Å². The Balaban J connectivity index is 2.00. The molecule has 1 atom stereocenters. The number of pyridine rings is 1. The minimum Gasteiger partial charge on any atom is -0.481 e. The number of aliphatic carboxylic acids is 1. The Bertz CT molecular complexity index is 859. The summed E-state index contributed by atoms with van der Waals surface area (Å²) in [5.41, 5.74) is 1.19. The van der Waals surface area contributed by atoms with Crippen molar-refractivity contribution in [2.75, 3.05) is 0 Å². The van der Waals surface area contributed by atoms with E-state index in [0.29, 0.717) is 11.1 Å². The van der Waals surface area contributed by atoms with Gasteiger partial charge in [0.2, 0.25) is 0 Å². The van der Waals surface area contributed by atoms with E-state index < -0.39 is 11.9 Å². The molecule has 0 saturated carbocycles. The predicted molar refractivity (Wildman–Crippen MR) is 87.5 cm³/mol. The van der Waals surface area contributed by atoms with Crippen LogP contribution in [0.3, 0.4) is 0 Å². The molecule has 4 nitrogen and oxygen atoms in total. The molecule has 0 fully saturated rings. The molecule has 2 aromatic carbocycles. The van der Waals surface area contributed by atoms with Crippen molar-refractivity contribution in [3.8, 4) is 0 Å². The van der Waals surface area contributed by atoms with Crippen molar-refractivity contribution in [1.82, 2.24) is 4.98 Å². The number of benzene rings is 2. The summed E-state index contributed by atoms with van der Waals surface area (Å²) in [6, 6.07) is 16.6. The van der Waals surface area contributed by atoms with Gasteiger partial charge in [0.15, 0.2) is 5.78 Å². The van der Waals surface area contributed by atoms with Gasteiger partial charge in [0.1, 0.15) is 0 Å². The molecule has 1 unspecified atom stereocenters. The second-order valence-corrected chi connectivity index (χ2v) is 5.36. The molecule has 0 bridgehead atoms. The van der Waals surface area contributed by atoms with Crippen LogP contribution in [-0.2, 0) is 4.79 Å². The van der Waals surface area contributed by atoms with Crippen molar-refractivity contribution in [3.05, 3.63) is 78.1 Å². The highest BCUT2D eigenvalue weighted by Gasteiger charge is 2.24. The number of carboxylic acids is 1. The molecule has 1 aromatic heterocycles. The van der Waals surface area contributed by atoms with Gasteiger partial charge in [-0.2, -0.15) is 0 Å². The molecule has 0 aliphatic rings. The lowest BCUT2D eigenvalue weighted by Gasteiger charge is -2.14. The summed E-state index contributed by atoms with van der Waals surface area (Å²) in [7, 11) is 0. The Morgan fingerprint density at radius 3 is 2.35 bits per heavy atom. The second kappa shape index (κ2) is 6.40. The zero-order chi connectivity index (χ0) is 16.2. The van der Waals surface area contributed by atoms with Crippen LogP contribution in [0.1, 0.15) is 28.3 Å². The van der Waals surface area contributed by atoms with E-state index in [0.717, 1.165) is 10.8 Å². The van der Waals surface area contributed by atoms with Crippen LogP contribution in [0.25, 0.3) is 10.8 Å². The van der Waals surface area contributed by atoms with Crippen molar-refractivity contribution in [1.29, 1.82) is 0 Å². The first-order valence-electron chi connectivity index (χ1n) is 7.30. The van der Waals surface area contributed by atoms with Gasteiger partial charge in [-0.3, -0.25) is 14.6 Å². The average Bonchev–Trinajstić information content (AvgIpc) is 2.59. The zero-order valence-electron chi connectivity index (χ0n) is 12.3. The third-order valence-corrected chi connectivity index (χ3v) is 3.84. The molecule has 0 amide bonds. The molecule has 0 aliphatic heterocycles. The van der Waals surface area contributed by atoms with Gasteiger partial charge in [0.05, 0.1) is 12.3 Å². The molecule has 0 spiro atoms. The van der Waals surface area contributed by atoms with E-state index >= 15 is 0 Å². The summed E-state index contributed by atoms with van der Waals surface area (Å²) in [4.78, 5) is 27.9. The summed E-state index contributed by atoms with van der Waals surface area (Å²) in [5.74, 6) is -1.90. The first-order chi connectivity index (χ1) is 11.1. The molecule has 114 valence electrons. The molecule has 4 heteroatoms. The Labute approximate surface area is 133 Å². The maximum Gasteiger partial charge on any atom is 0.304 e. The molecular formula is C19H15NO3. The number of hydrogen-bond acceptors (Lipinski definition) is 3. The number of carbonyl (C=O) groups is 2. The quantitative estimate of drug-likeness (QED) is 0.730. The normalized spacial score (nSPS) is 12.0. The topological polar surface area (TPSA) is 67.3 Å². The maximum absolute atomic E-state index is 12.8. The summed E-state index contributed by atoms with van der Waals surface area (Å²) in [6.45, 7) is 0. The lowest BCUT2D eigenvalue weighted by molar-refractivity contribution is -0.137. The number of aromatic nitrogens is 1. The van der Waals surface area contributed by atoms with Crippen molar-refractivity contribution >= 4 is 22.5 Å². The van der Waals surface area contributed by atoms with Crippen molar-refractivity contribution in [2.24, 2.45) is 0 Å². The Morgan fingerprint density at radius 2 is 1.65 bits per heavy atom. The number of nitrogens with zero attached hydrogens (tertiary/aromatic N) is 1. The molecule has 3 rings (SSSR count). The summed E-state index contributed by atoms with van der Waals surface area (Å²) in [5, 5.41) is 11.1. The SMILES string of the molecule is O=C(O)CC(C(=O)c1ccc2ccccc2c1)c1ccncc1. The fourth-order valence-corrected chi connectivity index (χ4v) is 2.68. The number of rotatable bonds is 5. The van der Waals surface area contributed by atoms with Gasteiger partial charge in [-0.25, -0.2) is 0 Å². The molecule has 0 aliphatic carbocycles. The second-order valence-electron chi connectivity index (χ2n) is 5.36. The van der Waals surface area contributed by atoms with Crippen LogP contribution in [-0.4, -0.2) is 21.8 Å². The van der Waals surface area contributed by atoms with Crippen LogP contribution in [0, 0.1) is 0 Å². The van der Waals surface area contributed by atoms with Gasteiger partial charge in [-0.1, -0.05) is 36.4 Å². The van der Waals surface area contributed by atoms with Crippen LogP contribution in [0.4, 0.5) is 0 Å². The van der Waals surface area contributed by atoms with Crippen LogP contribution < -0.4 is 0 Å². The highest BCUT2D eigenvalue weighted by atomic mass is 16.4. The number of carboxylic acid groups (broad SMARTS) is 1. The van der Waals surface area contributed by atoms with Crippen molar-refractivity contribution < 1.29 is 14.7 Å².